The van der Waals surface area contributed by atoms with Gasteiger partial charge in [-0.2, -0.15) is 5.26 Å². The molecule has 0 spiro atoms. The minimum Gasteiger partial charge on any atom is -0.484 e. The third kappa shape index (κ3) is 5.21. The molecule has 0 saturated carbocycles. The molecule has 0 fully saturated rings. The van der Waals surface area contributed by atoms with Crippen LogP contribution in [0.5, 0.6) is 5.75 Å². The summed E-state index contributed by atoms with van der Waals surface area (Å²) >= 11 is 0. The van der Waals surface area contributed by atoms with Crippen molar-refractivity contribution in [3.8, 4) is 11.8 Å². The lowest BCUT2D eigenvalue weighted by atomic mass is 9.83. The van der Waals surface area contributed by atoms with Crippen molar-refractivity contribution < 1.29 is 23.8 Å². The molecule has 3 N–H and O–H groups in total. The smallest absolute Gasteiger partial charge is 0.338 e. The summed E-state index contributed by atoms with van der Waals surface area (Å²) in [7, 11) is 0. The first-order valence-electron chi connectivity index (χ1n) is 10.8. The van der Waals surface area contributed by atoms with Crippen molar-refractivity contribution in [2.24, 2.45) is 5.73 Å². The lowest BCUT2D eigenvalue weighted by molar-refractivity contribution is -0.139. The van der Waals surface area contributed by atoms with Crippen LogP contribution in [0.3, 0.4) is 0 Å². The Bertz CT molecular complexity index is 1220. The molecule has 0 aliphatic carbocycles. The Kier molecular flexibility index (Phi) is 7.59. The normalized spacial score (nSPS) is 15.3. The van der Waals surface area contributed by atoms with Gasteiger partial charge in [0.05, 0.1) is 18.1 Å². The summed E-state index contributed by atoms with van der Waals surface area (Å²) in [6.07, 6.45) is 0. The number of anilines is 1. The number of esters is 1. The molecule has 1 aliphatic rings. The van der Waals surface area contributed by atoms with Gasteiger partial charge in [0.15, 0.2) is 6.61 Å². The van der Waals surface area contributed by atoms with E-state index in [-0.39, 0.29) is 41.9 Å². The monoisotopic (exact) mass is 461 g/mol. The number of benzene rings is 2. The number of amides is 1. The Morgan fingerprint density at radius 3 is 2.62 bits per heavy atom. The zero-order valence-electron chi connectivity index (χ0n) is 19.6. The number of nitrogens with zero attached hydrogens (tertiary/aromatic N) is 1. The third-order valence-electron chi connectivity index (χ3n) is 5.54. The maximum absolute atomic E-state index is 12.7. The average Bonchev–Trinajstić information content (AvgIpc) is 2.80. The number of rotatable bonds is 7. The molecule has 1 atom stereocenters. The quantitative estimate of drug-likeness (QED) is 0.598. The number of nitriles is 1. The maximum Gasteiger partial charge on any atom is 0.338 e. The van der Waals surface area contributed by atoms with Gasteiger partial charge in [-0.25, -0.2) is 4.79 Å². The van der Waals surface area contributed by atoms with Gasteiger partial charge in [0.2, 0.25) is 5.88 Å². The Morgan fingerprint density at radius 1 is 1.18 bits per heavy atom. The van der Waals surface area contributed by atoms with E-state index < -0.39 is 11.9 Å². The van der Waals surface area contributed by atoms with Crippen LogP contribution in [0.2, 0.25) is 0 Å². The van der Waals surface area contributed by atoms with E-state index in [1.165, 1.54) is 0 Å². The second-order valence-corrected chi connectivity index (χ2v) is 7.77. The Labute approximate surface area is 198 Å². The Balaban J connectivity index is 1.83. The van der Waals surface area contributed by atoms with Crippen molar-refractivity contribution in [2.45, 2.75) is 33.6 Å². The van der Waals surface area contributed by atoms with Crippen molar-refractivity contribution in [1.82, 2.24) is 0 Å². The van der Waals surface area contributed by atoms with Crippen LogP contribution in [-0.2, 0) is 19.1 Å². The van der Waals surface area contributed by atoms with E-state index in [1.54, 1.807) is 38.1 Å². The molecular weight excluding hydrogens is 434 g/mol. The number of allylic oxidation sites excluding steroid dienone is 2. The van der Waals surface area contributed by atoms with Crippen LogP contribution >= 0.6 is 0 Å². The number of nitrogens with two attached hydrogens (primary N) is 1. The molecule has 8 nitrogen and oxygen atoms in total. The third-order valence-corrected chi connectivity index (χ3v) is 5.54. The second kappa shape index (κ2) is 10.6. The van der Waals surface area contributed by atoms with E-state index in [1.807, 2.05) is 38.1 Å². The zero-order chi connectivity index (χ0) is 24.8. The van der Waals surface area contributed by atoms with Gasteiger partial charge in [-0.15, -0.1) is 0 Å². The molecule has 0 saturated heterocycles. The summed E-state index contributed by atoms with van der Waals surface area (Å²) < 4.78 is 16.3. The highest BCUT2D eigenvalue weighted by Gasteiger charge is 2.36. The Hall–Kier alpha value is -4.25. The predicted octanol–water partition coefficient (Wildman–Crippen LogP) is 3.97. The fraction of sp³-hybridized carbons (Fsp3) is 0.269. The van der Waals surface area contributed by atoms with Crippen molar-refractivity contribution >= 4 is 17.6 Å². The van der Waals surface area contributed by atoms with Crippen molar-refractivity contribution in [1.29, 1.82) is 5.26 Å². The minimum absolute atomic E-state index is 0.0720. The summed E-state index contributed by atoms with van der Waals surface area (Å²) in [4.78, 5) is 25.1. The Morgan fingerprint density at radius 2 is 1.91 bits per heavy atom. The van der Waals surface area contributed by atoms with E-state index in [0.717, 1.165) is 16.8 Å². The maximum atomic E-state index is 12.7. The highest BCUT2D eigenvalue weighted by atomic mass is 16.5. The summed E-state index contributed by atoms with van der Waals surface area (Å²) in [6, 6.07) is 14.5. The predicted molar refractivity (Wildman–Crippen MR) is 126 cm³/mol. The van der Waals surface area contributed by atoms with Crippen LogP contribution in [0, 0.1) is 25.2 Å². The number of hydrogen-bond acceptors (Lipinski definition) is 7. The van der Waals surface area contributed by atoms with Crippen molar-refractivity contribution in [3.05, 3.63) is 81.9 Å². The van der Waals surface area contributed by atoms with Gasteiger partial charge >= 0.3 is 5.97 Å². The highest BCUT2D eigenvalue weighted by molar-refractivity contribution is 5.93. The number of carbonyl (C=O) groups is 2. The molecule has 0 aromatic heterocycles. The van der Waals surface area contributed by atoms with Crippen LogP contribution in [0.1, 0.15) is 36.5 Å². The largest absolute Gasteiger partial charge is 0.484 e. The molecule has 1 aliphatic heterocycles. The van der Waals surface area contributed by atoms with Crippen molar-refractivity contribution in [3.63, 3.8) is 0 Å². The number of hydrogen-bond donors (Lipinski definition) is 2. The van der Waals surface area contributed by atoms with E-state index in [0.29, 0.717) is 11.3 Å². The molecule has 3 rings (SSSR count). The molecule has 2 aromatic rings. The standard InChI is InChI=1S/C26H27N3O5/c1-5-32-26(31)23-17(4)34-25(28)20(13-27)24(23)18-9-7-10-19(12-18)33-14-22(30)29-21-11-6-8-15(2)16(21)3/h6-12,24H,5,14,28H2,1-4H3,(H,29,30). The van der Waals surface area contributed by atoms with Gasteiger partial charge in [0.25, 0.3) is 5.91 Å². The van der Waals surface area contributed by atoms with E-state index >= 15 is 0 Å². The first-order valence-corrected chi connectivity index (χ1v) is 10.8. The molecule has 8 heteroatoms. The molecule has 0 radical (unpaired) electrons. The number of nitrogens with one attached hydrogen (secondary N) is 1. The van der Waals surface area contributed by atoms with Crippen LogP contribution in [-0.4, -0.2) is 25.1 Å². The van der Waals surface area contributed by atoms with Crippen molar-refractivity contribution in [2.75, 3.05) is 18.5 Å². The second-order valence-electron chi connectivity index (χ2n) is 7.77. The molecule has 0 bridgehead atoms. The van der Waals surface area contributed by atoms with Gasteiger partial charge in [0, 0.05) is 5.69 Å². The number of carbonyl (C=O) groups excluding carboxylic acids is 2. The fourth-order valence-electron chi connectivity index (χ4n) is 3.69. The molecule has 34 heavy (non-hydrogen) atoms. The molecule has 176 valence electrons. The van der Waals surface area contributed by atoms with Crippen LogP contribution in [0.25, 0.3) is 0 Å². The number of aryl methyl sites for hydroxylation is 1. The molecule has 1 unspecified atom stereocenters. The van der Waals surface area contributed by atoms with Crippen LogP contribution in [0.15, 0.2) is 65.3 Å². The molecule has 2 aromatic carbocycles. The van der Waals surface area contributed by atoms with Gasteiger partial charge in [-0.1, -0.05) is 24.3 Å². The van der Waals surface area contributed by atoms with Gasteiger partial charge in [-0.3, -0.25) is 4.79 Å². The van der Waals surface area contributed by atoms with E-state index in [2.05, 4.69) is 5.32 Å². The lowest BCUT2D eigenvalue weighted by Crippen LogP contribution is -2.25. The van der Waals surface area contributed by atoms with Gasteiger partial charge < -0.3 is 25.3 Å². The van der Waals surface area contributed by atoms with E-state index in [4.69, 9.17) is 19.9 Å². The summed E-state index contributed by atoms with van der Waals surface area (Å²) in [5.41, 5.74) is 9.59. The average molecular weight is 462 g/mol. The van der Waals surface area contributed by atoms with Crippen LogP contribution < -0.4 is 15.8 Å². The van der Waals surface area contributed by atoms with Gasteiger partial charge in [-0.05, 0) is 62.6 Å². The lowest BCUT2D eigenvalue weighted by Gasteiger charge is -2.27. The van der Waals surface area contributed by atoms with Gasteiger partial charge in [0.1, 0.15) is 23.2 Å². The zero-order valence-corrected chi connectivity index (χ0v) is 19.6. The molecule has 1 heterocycles. The van der Waals surface area contributed by atoms with E-state index in [9.17, 15) is 14.9 Å². The molecular formula is C26H27N3O5. The minimum atomic E-state index is -0.787. The number of ether oxygens (including phenoxy) is 3. The summed E-state index contributed by atoms with van der Waals surface area (Å²) in [5.74, 6) is -1.10. The fourth-order valence-corrected chi connectivity index (χ4v) is 3.69. The SMILES string of the molecule is CCOC(=O)C1=C(C)OC(N)=C(C#N)C1c1cccc(OCC(=O)Nc2cccc(C)c2C)c1. The topological polar surface area (TPSA) is 124 Å². The summed E-state index contributed by atoms with van der Waals surface area (Å²) in [6.45, 7) is 7.15. The first kappa shape index (κ1) is 24.4. The highest BCUT2D eigenvalue weighted by Crippen LogP contribution is 2.40. The summed E-state index contributed by atoms with van der Waals surface area (Å²) in [5, 5.41) is 12.6. The molecule has 1 amide bonds. The first-order chi connectivity index (χ1) is 16.3. The van der Waals surface area contributed by atoms with Crippen LogP contribution in [0.4, 0.5) is 5.69 Å².